The van der Waals surface area contributed by atoms with Crippen molar-refractivity contribution in [3.05, 3.63) is 53.2 Å². The Kier molecular flexibility index (Phi) is 6.66. The van der Waals surface area contributed by atoms with Crippen LogP contribution in [0.25, 0.3) is 11.4 Å². The molecule has 0 saturated carbocycles. The number of rotatable bonds is 6. The minimum atomic E-state index is -4.49. The molecule has 0 unspecified atom stereocenters. The van der Waals surface area contributed by atoms with Crippen LogP contribution in [0.1, 0.15) is 28.1 Å². The van der Waals surface area contributed by atoms with Crippen molar-refractivity contribution < 1.29 is 22.7 Å². The van der Waals surface area contributed by atoms with E-state index in [1.54, 1.807) is 24.4 Å². The zero-order valence-electron chi connectivity index (χ0n) is 16.9. The monoisotopic (exact) mass is 463 g/mol. The average Bonchev–Trinajstić information content (AvgIpc) is 3.22. The average molecular weight is 463 g/mol. The first kappa shape index (κ1) is 22.2. The fourth-order valence-electron chi connectivity index (χ4n) is 3.26. The fourth-order valence-corrected chi connectivity index (χ4v) is 4.15. The minimum Gasteiger partial charge on any atom is -0.381 e. The Balaban J connectivity index is 1.58. The molecule has 4 rings (SSSR count). The van der Waals surface area contributed by atoms with E-state index in [1.807, 2.05) is 0 Å². The summed E-state index contributed by atoms with van der Waals surface area (Å²) in [7, 11) is 0. The molecule has 1 aliphatic rings. The van der Waals surface area contributed by atoms with Gasteiger partial charge in [0.2, 0.25) is 0 Å². The van der Waals surface area contributed by atoms with Crippen LogP contribution in [0.5, 0.6) is 0 Å². The second-order valence-electron chi connectivity index (χ2n) is 7.23. The number of halogens is 3. The van der Waals surface area contributed by atoms with Gasteiger partial charge in [-0.2, -0.15) is 13.2 Å². The van der Waals surface area contributed by atoms with Crippen LogP contribution in [0, 0.1) is 5.92 Å². The van der Waals surface area contributed by atoms with Crippen molar-refractivity contribution in [1.29, 1.82) is 0 Å². The van der Waals surface area contributed by atoms with E-state index in [1.165, 1.54) is 0 Å². The first-order valence-electron chi connectivity index (χ1n) is 9.98. The summed E-state index contributed by atoms with van der Waals surface area (Å²) in [5.41, 5.74) is 0.0190. The zero-order valence-corrected chi connectivity index (χ0v) is 17.7. The first-order chi connectivity index (χ1) is 15.4. The number of aromatic nitrogens is 3. The predicted octanol–water partition coefficient (Wildman–Crippen LogP) is 4.52. The maximum atomic E-state index is 13.0. The van der Waals surface area contributed by atoms with E-state index >= 15 is 0 Å². The highest BCUT2D eigenvalue weighted by Gasteiger charge is 2.31. The van der Waals surface area contributed by atoms with E-state index in [0.717, 1.165) is 42.5 Å². The van der Waals surface area contributed by atoms with Gasteiger partial charge in [0.05, 0.1) is 11.3 Å². The van der Waals surface area contributed by atoms with E-state index < -0.39 is 11.7 Å². The number of carbonyl (C=O) groups excluding carboxylic acids is 1. The normalized spacial score (nSPS) is 14.8. The number of thiazole rings is 1. The third-order valence-electron chi connectivity index (χ3n) is 4.96. The van der Waals surface area contributed by atoms with E-state index in [-0.39, 0.29) is 16.9 Å². The number of hydrogen-bond donors (Lipinski definition) is 2. The van der Waals surface area contributed by atoms with Crippen molar-refractivity contribution in [2.24, 2.45) is 5.92 Å². The number of nitrogens with zero attached hydrogens (tertiary/aromatic N) is 3. The molecule has 3 aromatic heterocycles. The van der Waals surface area contributed by atoms with Crippen LogP contribution in [0.15, 0.2) is 42.7 Å². The highest BCUT2D eigenvalue weighted by atomic mass is 32.1. The molecule has 1 fully saturated rings. The molecule has 32 heavy (non-hydrogen) atoms. The maximum Gasteiger partial charge on any atom is 0.416 e. The lowest BCUT2D eigenvalue weighted by atomic mass is 10.0. The van der Waals surface area contributed by atoms with Gasteiger partial charge in [-0.05, 0) is 43.0 Å². The van der Waals surface area contributed by atoms with Gasteiger partial charge < -0.3 is 15.4 Å². The van der Waals surface area contributed by atoms with Crippen LogP contribution in [-0.4, -0.2) is 40.6 Å². The van der Waals surface area contributed by atoms with E-state index in [9.17, 15) is 18.0 Å². The summed E-state index contributed by atoms with van der Waals surface area (Å²) in [6.07, 6.45) is -0.0788. The van der Waals surface area contributed by atoms with Crippen molar-refractivity contribution in [3.8, 4) is 11.4 Å². The number of anilines is 2. The number of pyridine rings is 2. The Morgan fingerprint density at radius 3 is 2.69 bits per heavy atom. The molecule has 4 heterocycles. The van der Waals surface area contributed by atoms with Crippen molar-refractivity contribution >= 4 is 28.2 Å². The first-order valence-corrected chi connectivity index (χ1v) is 10.8. The lowest BCUT2D eigenvalue weighted by molar-refractivity contribution is -0.137. The Bertz CT molecular complexity index is 1070. The van der Waals surface area contributed by atoms with Crippen LogP contribution in [0.4, 0.5) is 24.1 Å². The molecule has 0 aliphatic carbocycles. The quantitative estimate of drug-likeness (QED) is 0.559. The van der Waals surface area contributed by atoms with Gasteiger partial charge in [-0.3, -0.25) is 9.78 Å². The van der Waals surface area contributed by atoms with Gasteiger partial charge in [0.1, 0.15) is 16.4 Å². The highest BCUT2D eigenvalue weighted by molar-refractivity contribution is 7.18. The van der Waals surface area contributed by atoms with Crippen LogP contribution in [0.3, 0.4) is 0 Å². The molecule has 7 nitrogen and oxygen atoms in total. The van der Waals surface area contributed by atoms with Gasteiger partial charge in [-0.15, -0.1) is 0 Å². The molecular weight excluding hydrogens is 443 g/mol. The largest absolute Gasteiger partial charge is 0.416 e. The lowest BCUT2D eigenvalue weighted by Gasteiger charge is -2.22. The van der Waals surface area contributed by atoms with Crippen molar-refractivity contribution in [2.45, 2.75) is 19.0 Å². The second kappa shape index (κ2) is 9.61. The second-order valence-corrected chi connectivity index (χ2v) is 8.23. The molecule has 0 radical (unpaired) electrons. The molecule has 3 aromatic rings. The Morgan fingerprint density at radius 2 is 1.97 bits per heavy atom. The summed E-state index contributed by atoms with van der Waals surface area (Å²) in [5.74, 6) is 0.0147. The molecule has 0 atom stereocenters. The number of ether oxygens (including phenoxy) is 1. The number of hydrogen-bond acceptors (Lipinski definition) is 7. The SMILES string of the molecule is O=C(NCC1CCOCC1)c1sc(Nc2cc(C(F)(F)F)ccn2)nc1-c1ccccn1. The number of amides is 1. The smallest absolute Gasteiger partial charge is 0.381 e. The molecule has 1 aliphatic heterocycles. The summed E-state index contributed by atoms with van der Waals surface area (Å²) in [4.78, 5) is 25.9. The number of alkyl halides is 3. The van der Waals surface area contributed by atoms with Crippen LogP contribution >= 0.6 is 11.3 Å². The summed E-state index contributed by atoms with van der Waals surface area (Å²) in [6, 6.07) is 7.02. The zero-order chi connectivity index (χ0) is 22.6. The molecule has 0 spiro atoms. The van der Waals surface area contributed by atoms with Gasteiger partial charge in [0.15, 0.2) is 5.13 Å². The topological polar surface area (TPSA) is 89.0 Å². The van der Waals surface area contributed by atoms with Gasteiger partial charge in [0, 0.05) is 32.2 Å². The number of nitrogens with one attached hydrogen (secondary N) is 2. The molecule has 2 N–H and O–H groups in total. The molecule has 11 heteroatoms. The van der Waals surface area contributed by atoms with Crippen LogP contribution in [-0.2, 0) is 10.9 Å². The van der Waals surface area contributed by atoms with Crippen molar-refractivity contribution in [1.82, 2.24) is 20.3 Å². The minimum absolute atomic E-state index is 0.0182. The van der Waals surface area contributed by atoms with Gasteiger partial charge >= 0.3 is 6.18 Å². The Hall–Kier alpha value is -3.05. The number of carbonyl (C=O) groups is 1. The summed E-state index contributed by atoms with van der Waals surface area (Å²) in [6.45, 7) is 1.87. The van der Waals surface area contributed by atoms with Gasteiger partial charge in [-0.25, -0.2) is 9.97 Å². The van der Waals surface area contributed by atoms with Crippen LogP contribution < -0.4 is 10.6 Å². The Labute approximate surface area is 186 Å². The van der Waals surface area contributed by atoms with E-state index in [2.05, 4.69) is 25.6 Å². The standard InChI is InChI=1S/C21H20F3N5O2S/c22-21(23,24)14-4-8-26-16(11-14)28-20-29-17(15-3-1-2-7-25-15)18(32-20)19(30)27-12-13-5-9-31-10-6-13/h1-4,7-8,11,13H,5-6,9-10,12H2,(H,27,30)(H,26,28,29). The maximum absolute atomic E-state index is 13.0. The molecule has 0 bridgehead atoms. The van der Waals surface area contributed by atoms with Gasteiger partial charge in [-0.1, -0.05) is 17.4 Å². The van der Waals surface area contributed by atoms with Gasteiger partial charge in [0.25, 0.3) is 5.91 Å². The fraction of sp³-hybridized carbons (Fsp3) is 0.333. The molecule has 0 aromatic carbocycles. The molecule has 1 saturated heterocycles. The lowest BCUT2D eigenvalue weighted by Crippen LogP contribution is -2.32. The summed E-state index contributed by atoms with van der Waals surface area (Å²) >= 11 is 1.04. The Morgan fingerprint density at radius 1 is 1.16 bits per heavy atom. The van der Waals surface area contributed by atoms with Crippen molar-refractivity contribution in [3.63, 3.8) is 0 Å². The van der Waals surface area contributed by atoms with E-state index in [4.69, 9.17) is 4.74 Å². The molecular formula is C21H20F3N5O2S. The molecule has 168 valence electrons. The van der Waals surface area contributed by atoms with Crippen LogP contribution in [0.2, 0.25) is 0 Å². The summed E-state index contributed by atoms with van der Waals surface area (Å²) < 4.78 is 44.4. The summed E-state index contributed by atoms with van der Waals surface area (Å²) in [5, 5.41) is 5.96. The third kappa shape index (κ3) is 5.40. The van der Waals surface area contributed by atoms with E-state index in [0.29, 0.717) is 41.9 Å². The van der Waals surface area contributed by atoms with Crippen molar-refractivity contribution in [2.75, 3.05) is 25.1 Å². The highest BCUT2D eigenvalue weighted by Crippen LogP contribution is 2.34. The molecule has 1 amide bonds. The third-order valence-corrected chi connectivity index (χ3v) is 5.92. The predicted molar refractivity (Wildman–Crippen MR) is 114 cm³/mol.